The number of aromatic amines is 1. The van der Waals surface area contributed by atoms with Gasteiger partial charge in [-0.1, -0.05) is 54.1 Å². The molecule has 0 aliphatic rings. The van der Waals surface area contributed by atoms with Gasteiger partial charge in [0.25, 0.3) is 11.5 Å². The van der Waals surface area contributed by atoms with Gasteiger partial charge in [0, 0.05) is 11.1 Å². The van der Waals surface area contributed by atoms with Crippen molar-refractivity contribution in [1.29, 1.82) is 0 Å². The third-order valence-electron chi connectivity index (χ3n) is 5.12. The van der Waals surface area contributed by atoms with E-state index in [0.29, 0.717) is 10.8 Å². The Labute approximate surface area is 199 Å². The van der Waals surface area contributed by atoms with Crippen LogP contribution < -0.4 is 21.9 Å². The number of hydrogen-bond acceptors (Lipinski definition) is 5. The van der Waals surface area contributed by atoms with Gasteiger partial charge in [-0.15, -0.1) is 0 Å². The summed E-state index contributed by atoms with van der Waals surface area (Å²) >= 11 is 5.92. The minimum absolute atomic E-state index is 0.0619. The van der Waals surface area contributed by atoms with E-state index in [2.05, 4.69) is 4.98 Å². The van der Waals surface area contributed by atoms with Crippen molar-refractivity contribution < 1.29 is 9.21 Å². The van der Waals surface area contributed by atoms with Gasteiger partial charge in [0.2, 0.25) is 0 Å². The molecule has 0 unspecified atom stereocenters. The van der Waals surface area contributed by atoms with E-state index in [-0.39, 0.29) is 24.6 Å². The van der Waals surface area contributed by atoms with Crippen LogP contribution >= 0.6 is 11.6 Å². The van der Waals surface area contributed by atoms with E-state index >= 15 is 0 Å². The van der Waals surface area contributed by atoms with Crippen molar-refractivity contribution in [3.63, 3.8) is 0 Å². The standard InChI is InChI=1S/C25H21ClN4O4/c26-19-11-8-17(9-12-19)10-13-21(31)29(16-20-7-4-14-34-20)22-23(27)30(25(33)28-24(22)32)15-18-5-2-1-3-6-18/h1-14H,15-16,27H2,(H,28,32,33)/b13-10-. The van der Waals surface area contributed by atoms with Crippen LogP contribution in [0.15, 0.2) is 93.1 Å². The average molecular weight is 477 g/mol. The van der Waals surface area contributed by atoms with Gasteiger partial charge in [0.05, 0.1) is 19.4 Å². The summed E-state index contributed by atoms with van der Waals surface area (Å²) in [7, 11) is 0. The highest BCUT2D eigenvalue weighted by Crippen LogP contribution is 2.21. The second kappa shape index (κ2) is 10.1. The number of hydrogen-bond donors (Lipinski definition) is 2. The van der Waals surface area contributed by atoms with Gasteiger partial charge in [-0.05, 0) is 41.5 Å². The quantitative estimate of drug-likeness (QED) is 0.395. The lowest BCUT2D eigenvalue weighted by atomic mass is 10.2. The van der Waals surface area contributed by atoms with Gasteiger partial charge >= 0.3 is 5.69 Å². The lowest BCUT2D eigenvalue weighted by molar-refractivity contribution is -0.114. The first-order chi connectivity index (χ1) is 16.4. The Morgan fingerprint density at radius 3 is 2.47 bits per heavy atom. The van der Waals surface area contributed by atoms with Crippen LogP contribution in [0.4, 0.5) is 11.5 Å². The Hall–Kier alpha value is -4.30. The average Bonchev–Trinajstić information content (AvgIpc) is 3.34. The van der Waals surface area contributed by atoms with E-state index in [1.54, 1.807) is 42.5 Å². The fourth-order valence-corrected chi connectivity index (χ4v) is 3.54. The number of rotatable bonds is 7. The number of nitrogens with one attached hydrogen (secondary N) is 1. The molecule has 2 aromatic heterocycles. The van der Waals surface area contributed by atoms with E-state index in [1.165, 1.54) is 21.8 Å². The van der Waals surface area contributed by atoms with Crippen molar-refractivity contribution in [3.05, 3.63) is 122 Å². The second-order valence-corrected chi connectivity index (χ2v) is 7.89. The van der Waals surface area contributed by atoms with Crippen LogP contribution in [0.25, 0.3) is 6.08 Å². The van der Waals surface area contributed by atoms with Gasteiger partial charge in [0.1, 0.15) is 11.6 Å². The highest BCUT2D eigenvalue weighted by molar-refractivity contribution is 6.30. The van der Waals surface area contributed by atoms with Crippen molar-refractivity contribution in [2.45, 2.75) is 13.1 Å². The molecule has 172 valence electrons. The Kier molecular flexibility index (Phi) is 6.79. The van der Waals surface area contributed by atoms with Crippen molar-refractivity contribution in [1.82, 2.24) is 9.55 Å². The van der Waals surface area contributed by atoms with Crippen LogP contribution in [-0.4, -0.2) is 15.5 Å². The number of amides is 1. The molecule has 4 aromatic rings. The summed E-state index contributed by atoms with van der Waals surface area (Å²) in [5.41, 5.74) is 6.27. The third kappa shape index (κ3) is 5.19. The van der Waals surface area contributed by atoms with E-state index in [1.807, 2.05) is 30.3 Å². The van der Waals surface area contributed by atoms with Crippen LogP contribution in [0.1, 0.15) is 16.9 Å². The van der Waals surface area contributed by atoms with Crippen molar-refractivity contribution in [2.75, 3.05) is 10.6 Å². The molecule has 4 rings (SSSR count). The van der Waals surface area contributed by atoms with Gasteiger partial charge in [-0.2, -0.15) is 0 Å². The molecule has 3 N–H and O–H groups in total. The first kappa shape index (κ1) is 22.9. The molecule has 0 aliphatic carbocycles. The number of nitrogens with zero attached hydrogens (tertiary/aromatic N) is 2. The molecule has 34 heavy (non-hydrogen) atoms. The number of carbonyl (C=O) groups is 1. The number of benzene rings is 2. The number of furan rings is 1. The smallest absolute Gasteiger partial charge is 0.330 e. The number of aromatic nitrogens is 2. The van der Waals surface area contributed by atoms with Crippen molar-refractivity contribution in [2.24, 2.45) is 0 Å². The molecular weight excluding hydrogens is 456 g/mol. The largest absolute Gasteiger partial charge is 0.467 e. The normalized spacial score (nSPS) is 11.1. The molecule has 1 amide bonds. The Balaban J connectivity index is 1.75. The summed E-state index contributed by atoms with van der Waals surface area (Å²) in [6.07, 6.45) is 4.38. The minimum Gasteiger partial charge on any atom is -0.467 e. The SMILES string of the molecule is Nc1c(N(Cc2ccco2)C(=O)/C=C\c2ccc(Cl)cc2)c(=O)[nH]c(=O)n1Cc1ccccc1. The highest BCUT2D eigenvalue weighted by atomic mass is 35.5. The maximum Gasteiger partial charge on any atom is 0.330 e. The van der Waals surface area contributed by atoms with Crippen LogP contribution in [0.3, 0.4) is 0 Å². The van der Waals surface area contributed by atoms with Crippen LogP contribution in [-0.2, 0) is 17.9 Å². The maximum atomic E-state index is 13.2. The fourth-order valence-electron chi connectivity index (χ4n) is 3.42. The van der Waals surface area contributed by atoms with Crippen molar-refractivity contribution >= 4 is 35.1 Å². The Morgan fingerprint density at radius 2 is 1.79 bits per heavy atom. The van der Waals surface area contributed by atoms with Crippen molar-refractivity contribution in [3.8, 4) is 0 Å². The molecule has 0 atom stereocenters. The molecule has 2 heterocycles. The number of nitrogen functional groups attached to an aromatic ring is 1. The van der Waals surface area contributed by atoms with Gasteiger partial charge in [0.15, 0.2) is 5.69 Å². The lowest BCUT2D eigenvalue weighted by Gasteiger charge is -2.22. The number of nitrogens with two attached hydrogens (primary N) is 1. The van der Waals surface area contributed by atoms with E-state index in [9.17, 15) is 14.4 Å². The first-order valence-corrected chi connectivity index (χ1v) is 10.7. The molecule has 0 bridgehead atoms. The summed E-state index contributed by atoms with van der Waals surface area (Å²) in [6.45, 7) is 0.0618. The lowest BCUT2D eigenvalue weighted by Crippen LogP contribution is -2.40. The molecule has 9 heteroatoms. The molecule has 2 aromatic carbocycles. The molecule has 0 saturated carbocycles. The molecular formula is C25H21ClN4O4. The number of H-pyrrole nitrogens is 1. The topological polar surface area (TPSA) is 114 Å². The van der Waals surface area contributed by atoms with Crippen LogP contribution in [0.2, 0.25) is 5.02 Å². The Bertz CT molecular complexity index is 1420. The summed E-state index contributed by atoms with van der Waals surface area (Å²) < 4.78 is 6.61. The molecule has 0 spiro atoms. The predicted molar refractivity (Wildman–Crippen MR) is 132 cm³/mol. The molecule has 0 saturated heterocycles. The summed E-state index contributed by atoms with van der Waals surface area (Å²) in [5, 5.41) is 0.572. The second-order valence-electron chi connectivity index (χ2n) is 7.45. The fraction of sp³-hybridized carbons (Fsp3) is 0.0800. The zero-order valence-electron chi connectivity index (χ0n) is 18.0. The van der Waals surface area contributed by atoms with Gasteiger partial charge in [-0.3, -0.25) is 24.0 Å². The van der Waals surface area contributed by atoms with Crippen LogP contribution in [0.5, 0.6) is 0 Å². The summed E-state index contributed by atoms with van der Waals surface area (Å²) in [6, 6.07) is 19.4. The van der Waals surface area contributed by atoms with Crippen LogP contribution in [0, 0.1) is 0 Å². The summed E-state index contributed by atoms with van der Waals surface area (Å²) in [4.78, 5) is 42.1. The predicted octanol–water partition coefficient (Wildman–Crippen LogP) is 3.66. The first-order valence-electron chi connectivity index (χ1n) is 10.4. The highest BCUT2D eigenvalue weighted by Gasteiger charge is 2.24. The van der Waals surface area contributed by atoms with E-state index in [0.717, 1.165) is 11.1 Å². The van der Waals surface area contributed by atoms with E-state index in [4.69, 9.17) is 21.8 Å². The molecule has 0 radical (unpaired) electrons. The minimum atomic E-state index is -0.772. The maximum absolute atomic E-state index is 13.2. The number of anilines is 2. The van der Waals surface area contributed by atoms with Gasteiger partial charge < -0.3 is 10.2 Å². The molecule has 0 fully saturated rings. The Morgan fingerprint density at radius 1 is 1.06 bits per heavy atom. The monoisotopic (exact) mass is 476 g/mol. The zero-order valence-corrected chi connectivity index (χ0v) is 18.7. The zero-order chi connectivity index (χ0) is 24.1. The molecule has 8 nitrogen and oxygen atoms in total. The van der Waals surface area contributed by atoms with E-state index < -0.39 is 17.2 Å². The third-order valence-corrected chi connectivity index (χ3v) is 5.37. The summed E-state index contributed by atoms with van der Waals surface area (Å²) in [5.74, 6) is -0.210. The molecule has 0 aliphatic heterocycles. The van der Waals surface area contributed by atoms with Gasteiger partial charge in [-0.25, -0.2) is 4.79 Å². The number of halogens is 1. The number of carbonyl (C=O) groups excluding carboxylic acids is 1.